The van der Waals surface area contributed by atoms with Crippen molar-refractivity contribution in [2.24, 2.45) is 0 Å². The van der Waals surface area contributed by atoms with Crippen LogP contribution in [0.4, 0.5) is 14.5 Å². The Morgan fingerprint density at radius 2 is 2.00 bits per heavy atom. The Kier molecular flexibility index (Phi) is 1.51. The molecule has 0 aliphatic carbocycles. The molecule has 1 nitrogen and oxygen atoms in total. The van der Waals surface area contributed by atoms with Crippen LogP contribution in [-0.2, 0) is 0 Å². The van der Waals surface area contributed by atoms with E-state index in [0.717, 1.165) is 11.3 Å². The molecule has 4 heteroatoms. The molecule has 0 aliphatic heterocycles. The van der Waals surface area contributed by atoms with E-state index in [4.69, 9.17) is 5.73 Å². The van der Waals surface area contributed by atoms with Crippen LogP contribution in [-0.4, -0.2) is 0 Å². The fraction of sp³-hybridized carbons (Fsp3) is 0. The van der Waals surface area contributed by atoms with Crippen LogP contribution in [0.15, 0.2) is 17.5 Å². The highest BCUT2D eigenvalue weighted by molar-refractivity contribution is 7.17. The Bertz CT molecular complexity index is 436. The van der Waals surface area contributed by atoms with E-state index in [-0.39, 0.29) is 10.4 Å². The highest BCUT2D eigenvalue weighted by atomic mass is 32.1. The molecule has 0 radical (unpaired) electrons. The van der Waals surface area contributed by atoms with Gasteiger partial charge in [-0.2, -0.15) is 0 Å². The topological polar surface area (TPSA) is 26.0 Å². The molecule has 0 saturated carbocycles. The molecule has 1 aromatic heterocycles. The molecule has 0 atom stereocenters. The third kappa shape index (κ3) is 0.881. The van der Waals surface area contributed by atoms with Gasteiger partial charge in [-0.3, -0.25) is 0 Å². The van der Waals surface area contributed by atoms with Gasteiger partial charge in [0.1, 0.15) is 5.82 Å². The number of fused-ring (bicyclic) bond motifs is 1. The maximum Gasteiger partial charge on any atom is 0.163 e. The molecule has 0 unspecified atom stereocenters. The van der Waals surface area contributed by atoms with Crippen LogP contribution in [0.2, 0.25) is 0 Å². The normalized spacial score (nSPS) is 10.8. The van der Waals surface area contributed by atoms with Gasteiger partial charge in [-0.05, 0) is 12.1 Å². The SMILES string of the molecule is Nc1ccc2c(F)csc2c1F. The first-order valence-electron chi connectivity index (χ1n) is 3.31. The van der Waals surface area contributed by atoms with Crippen LogP contribution in [0.5, 0.6) is 0 Å². The molecule has 2 N–H and O–H groups in total. The molecule has 2 rings (SSSR count). The second-order valence-electron chi connectivity index (χ2n) is 2.43. The smallest absolute Gasteiger partial charge is 0.163 e. The summed E-state index contributed by atoms with van der Waals surface area (Å²) in [5.74, 6) is -0.921. The first-order valence-corrected chi connectivity index (χ1v) is 4.19. The van der Waals surface area contributed by atoms with Gasteiger partial charge < -0.3 is 5.73 Å². The predicted molar refractivity (Wildman–Crippen MR) is 46.2 cm³/mol. The molecular formula is C8H5F2NS. The van der Waals surface area contributed by atoms with E-state index >= 15 is 0 Å². The summed E-state index contributed by atoms with van der Waals surface area (Å²) < 4.78 is 26.3. The van der Waals surface area contributed by atoms with Crippen LogP contribution >= 0.6 is 11.3 Å². The predicted octanol–water partition coefficient (Wildman–Crippen LogP) is 2.76. The lowest BCUT2D eigenvalue weighted by Gasteiger charge is -1.95. The lowest BCUT2D eigenvalue weighted by atomic mass is 10.2. The zero-order chi connectivity index (χ0) is 8.72. The summed E-state index contributed by atoms with van der Waals surface area (Å²) in [5, 5.41) is 1.57. The minimum atomic E-state index is -0.526. The van der Waals surface area contributed by atoms with Gasteiger partial charge in [-0.15, -0.1) is 11.3 Å². The average molecular weight is 185 g/mol. The summed E-state index contributed by atoms with van der Waals surface area (Å²) in [6, 6.07) is 2.85. The molecule has 62 valence electrons. The quantitative estimate of drug-likeness (QED) is 0.627. The standard InChI is InChI=1S/C8H5F2NS/c9-5-3-12-8-4(5)1-2-6(11)7(8)10/h1-3H,11H2. The molecule has 1 heterocycles. The fourth-order valence-electron chi connectivity index (χ4n) is 1.05. The van der Waals surface area contributed by atoms with Gasteiger partial charge in [0.05, 0.1) is 10.4 Å². The molecule has 0 fully saturated rings. The number of halogens is 2. The summed E-state index contributed by atoms with van der Waals surface area (Å²) in [6.07, 6.45) is 0. The van der Waals surface area contributed by atoms with Crippen molar-refractivity contribution in [3.63, 3.8) is 0 Å². The van der Waals surface area contributed by atoms with Crippen LogP contribution in [0.3, 0.4) is 0 Å². The summed E-state index contributed by atoms with van der Waals surface area (Å²) in [4.78, 5) is 0. The number of rotatable bonds is 0. The average Bonchev–Trinajstić information content (AvgIpc) is 2.41. The second kappa shape index (κ2) is 2.42. The largest absolute Gasteiger partial charge is 0.396 e. The van der Waals surface area contributed by atoms with Gasteiger partial charge in [-0.25, -0.2) is 8.78 Å². The number of nitrogen functional groups attached to an aromatic ring is 1. The first kappa shape index (κ1) is 7.49. The third-order valence-corrected chi connectivity index (χ3v) is 2.62. The summed E-state index contributed by atoms with van der Waals surface area (Å²) in [5.41, 5.74) is 5.36. The van der Waals surface area contributed by atoms with Crippen LogP contribution < -0.4 is 5.73 Å². The van der Waals surface area contributed by atoms with E-state index in [1.807, 2.05) is 0 Å². The monoisotopic (exact) mass is 185 g/mol. The number of thiophene rings is 1. The number of hydrogen-bond acceptors (Lipinski definition) is 2. The highest BCUT2D eigenvalue weighted by Gasteiger charge is 2.09. The lowest BCUT2D eigenvalue weighted by molar-refractivity contribution is 0.637. The van der Waals surface area contributed by atoms with E-state index in [1.54, 1.807) is 0 Å². The molecule has 0 amide bonds. The third-order valence-electron chi connectivity index (χ3n) is 1.66. The number of nitrogens with two attached hydrogens (primary N) is 1. The van der Waals surface area contributed by atoms with Crippen molar-refractivity contribution in [1.82, 2.24) is 0 Å². The van der Waals surface area contributed by atoms with Crippen molar-refractivity contribution in [3.05, 3.63) is 29.1 Å². The van der Waals surface area contributed by atoms with Gasteiger partial charge in [0.25, 0.3) is 0 Å². The summed E-state index contributed by atoms with van der Waals surface area (Å²) >= 11 is 1.02. The zero-order valence-corrected chi connectivity index (χ0v) is 6.79. The molecule has 0 bridgehead atoms. The number of hydrogen-bond donors (Lipinski definition) is 1. The van der Waals surface area contributed by atoms with Crippen LogP contribution in [0.25, 0.3) is 10.1 Å². The van der Waals surface area contributed by atoms with E-state index in [9.17, 15) is 8.78 Å². The van der Waals surface area contributed by atoms with Crippen molar-refractivity contribution in [2.45, 2.75) is 0 Å². The van der Waals surface area contributed by atoms with Gasteiger partial charge in [-0.1, -0.05) is 0 Å². The Hall–Kier alpha value is -1.16. The molecule has 1 aromatic carbocycles. The minimum Gasteiger partial charge on any atom is -0.396 e. The fourth-order valence-corrected chi connectivity index (χ4v) is 1.91. The maximum atomic E-state index is 13.1. The van der Waals surface area contributed by atoms with Crippen molar-refractivity contribution in [3.8, 4) is 0 Å². The Labute approximate surface area is 71.4 Å². The van der Waals surface area contributed by atoms with Crippen molar-refractivity contribution in [1.29, 1.82) is 0 Å². The molecule has 0 spiro atoms. The molecule has 12 heavy (non-hydrogen) atoms. The summed E-state index contributed by atoms with van der Waals surface area (Å²) in [7, 11) is 0. The zero-order valence-electron chi connectivity index (χ0n) is 5.97. The summed E-state index contributed by atoms with van der Waals surface area (Å²) in [6.45, 7) is 0. The Morgan fingerprint density at radius 1 is 1.25 bits per heavy atom. The van der Waals surface area contributed by atoms with Gasteiger partial charge in [0, 0.05) is 10.8 Å². The molecular weight excluding hydrogens is 180 g/mol. The number of benzene rings is 1. The van der Waals surface area contributed by atoms with Gasteiger partial charge in [0.2, 0.25) is 0 Å². The van der Waals surface area contributed by atoms with E-state index in [0.29, 0.717) is 5.39 Å². The van der Waals surface area contributed by atoms with Crippen molar-refractivity contribution >= 4 is 27.1 Å². The van der Waals surface area contributed by atoms with E-state index < -0.39 is 11.6 Å². The van der Waals surface area contributed by atoms with Crippen LogP contribution in [0.1, 0.15) is 0 Å². The van der Waals surface area contributed by atoms with Gasteiger partial charge in [0.15, 0.2) is 5.82 Å². The Balaban J connectivity index is 2.93. The van der Waals surface area contributed by atoms with Gasteiger partial charge >= 0.3 is 0 Å². The number of anilines is 1. The second-order valence-corrected chi connectivity index (χ2v) is 3.31. The molecule has 2 aromatic rings. The van der Waals surface area contributed by atoms with Crippen LogP contribution in [0, 0.1) is 11.6 Å². The van der Waals surface area contributed by atoms with Crippen molar-refractivity contribution < 1.29 is 8.78 Å². The van der Waals surface area contributed by atoms with Crippen molar-refractivity contribution in [2.75, 3.05) is 5.73 Å². The maximum absolute atomic E-state index is 13.1. The van der Waals surface area contributed by atoms with E-state index in [1.165, 1.54) is 17.5 Å². The molecule has 0 aliphatic rings. The highest BCUT2D eigenvalue weighted by Crippen LogP contribution is 2.29. The minimum absolute atomic E-state index is 0.0596. The first-order chi connectivity index (χ1) is 5.70. The molecule has 0 saturated heterocycles. The van der Waals surface area contributed by atoms with E-state index in [2.05, 4.69) is 0 Å². The lowest BCUT2D eigenvalue weighted by Crippen LogP contribution is -1.89. The Morgan fingerprint density at radius 3 is 2.75 bits per heavy atom.